The summed E-state index contributed by atoms with van der Waals surface area (Å²) in [6.45, 7) is 1.14. The van der Waals surface area contributed by atoms with Crippen LogP contribution >= 0.6 is 27.5 Å². The van der Waals surface area contributed by atoms with E-state index in [1.165, 1.54) is 6.07 Å². The molecule has 0 heterocycles. The molecule has 0 aliphatic heterocycles. The van der Waals surface area contributed by atoms with Crippen molar-refractivity contribution in [2.45, 2.75) is 25.9 Å². The van der Waals surface area contributed by atoms with Gasteiger partial charge in [0.15, 0.2) is 6.61 Å². The SMILES string of the molecule is Cc1c(NC(=O)COC(=O)CCC(=O)Nc2cccc(C(F)(F)F)c2)ccc(Br)c1Cl. The summed E-state index contributed by atoms with van der Waals surface area (Å²) in [7, 11) is 0. The van der Waals surface area contributed by atoms with Crippen LogP contribution in [0.15, 0.2) is 40.9 Å². The number of benzene rings is 2. The van der Waals surface area contributed by atoms with Gasteiger partial charge in [-0.3, -0.25) is 14.4 Å². The molecular formula is C20H17BrClF3N2O4. The Kier molecular flexibility index (Phi) is 8.46. The molecule has 2 aromatic carbocycles. The first-order valence-corrected chi connectivity index (χ1v) is 10.0. The summed E-state index contributed by atoms with van der Waals surface area (Å²) in [4.78, 5) is 35.6. The van der Waals surface area contributed by atoms with Gasteiger partial charge in [0, 0.05) is 22.3 Å². The fourth-order valence-electron chi connectivity index (χ4n) is 2.40. The number of rotatable bonds is 7. The molecule has 11 heteroatoms. The number of esters is 1. The Morgan fingerprint density at radius 3 is 2.45 bits per heavy atom. The van der Waals surface area contributed by atoms with Crippen molar-refractivity contribution in [2.24, 2.45) is 0 Å². The first kappa shape index (κ1) is 24.7. The average molecular weight is 522 g/mol. The molecule has 2 rings (SSSR count). The lowest BCUT2D eigenvalue weighted by Gasteiger charge is -2.11. The van der Waals surface area contributed by atoms with Gasteiger partial charge >= 0.3 is 12.1 Å². The molecule has 6 nitrogen and oxygen atoms in total. The van der Waals surface area contributed by atoms with E-state index in [-0.39, 0.29) is 18.5 Å². The normalized spacial score (nSPS) is 11.0. The van der Waals surface area contributed by atoms with E-state index < -0.39 is 36.1 Å². The molecule has 2 aromatic rings. The van der Waals surface area contributed by atoms with E-state index in [4.69, 9.17) is 16.3 Å². The summed E-state index contributed by atoms with van der Waals surface area (Å²) in [5.74, 6) is -2.07. The van der Waals surface area contributed by atoms with Gasteiger partial charge in [0.25, 0.3) is 5.91 Å². The molecule has 0 unspecified atom stereocenters. The van der Waals surface area contributed by atoms with Gasteiger partial charge in [-0.1, -0.05) is 17.7 Å². The Morgan fingerprint density at radius 2 is 1.77 bits per heavy atom. The van der Waals surface area contributed by atoms with Crippen LogP contribution in [0.2, 0.25) is 5.02 Å². The standard InChI is InChI=1S/C20H17BrClF3N2O4/c1-11-15(6-5-14(21)19(11)22)27-17(29)10-31-18(30)8-7-16(28)26-13-4-2-3-12(9-13)20(23,24)25/h2-6,9H,7-8,10H2,1H3,(H,26,28)(H,27,29). The largest absolute Gasteiger partial charge is 0.456 e. The van der Waals surface area contributed by atoms with E-state index in [1.807, 2.05) is 0 Å². The Labute approximate surface area is 189 Å². The third-order valence-electron chi connectivity index (χ3n) is 4.01. The van der Waals surface area contributed by atoms with Crippen LogP contribution in [0.4, 0.5) is 24.5 Å². The smallest absolute Gasteiger partial charge is 0.416 e. The quantitative estimate of drug-likeness (QED) is 0.483. The Bertz CT molecular complexity index is 999. The van der Waals surface area contributed by atoms with Crippen LogP contribution < -0.4 is 10.6 Å². The molecule has 0 atom stereocenters. The number of hydrogen-bond donors (Lipinski definition) is 2. The minimum atomic E-state index is -4.54. The number of carbonyl (C=O) groups is 3. The predicted octanol–water partition coefficient (Wildman–Crippen LogP) is 5.33. The van der Waals surface area contributed by atoms with Crippen molar-refractivity contribution in [1.29, 1.82) is 0 Å². The topological polar surface area (TPSA) is 84.5 Å². The molecule has 0 spiro atoms. The number of halogens is 5. The summed E-state index contributed by atoms with van der Waals surface area (Å²) in [6.07, 6.45) is -5.20. The van der Waals surface area contributed by atoms with Crippen molar-refractivity contribution < 1.29 is 32.3 Å². The van der Waals surface area contributed by atoms with Gasteiger partial charge in [0.1, 0.15) is 0 Å². The predicted molar refractivity (Wildman–Crippen MR) is 113 cm³/mol. The van der Waals surface area contributed by atoms with Gasteiger partial charge in [-0.05, 0) is 58.7 Å². The van der Waals surface area contributed by atoms with Crippen LogP contribution in [0, 0.1) is 6.92 Å². The van der Waals surface area contributed by atoms with Crippen LogP contribution in [0.1, 0.15) is 24.0 Å². The number of anilines is 2. The fraction of sp³-hybridized carbons (Fsp3) is 0.250. The Hall–Kier alpha value is -2.59. The molecule has 0 bridgehead atoms. The van der Waals surface area contributed by atoms with Crippen molar-refractivity contribution in [3.05, 3.63) is 57.0 Å². The maximum Gasteiger partial charge on any atom is 0.416 e. The third kappa shape index (κ3) is 7.55. The van der Waals surface area contributed by atoms with Gasteiger partial charge in [-0.15, -0.1) is 0 Å². The average Bonchev–Trinajstić information content (AvgIpc) is 2.71. The minimum absolute atomic E-state index is 0.0453. The number of amides is 2. The van der Waals surface area contributed by atoms with E-state index in [0.717, 1.165) is 18.2 Å². The summed E-state index contributed by atoms with van der Waals surface area (Å²) < 4.78 is 43.6. The number of carbonyl (C=O) groups excluding carboxylic acids is 3. The van der Waals surface area contributed by atoms with Crippen LogP contribution in [0.25, 0.3) is 0 Å². The van der Waals surface area contributed by atoms with Crippen LogP contribution in [0.3, 0.4) is 0 Å². The third-order valence-corrected chi connectivity index (χ3v) is 5.38. The zero-order valence-electron chi connectivity index (χ0n) is 16.1. The maximum atomic E-state index is 12.7. The lowest BCUT2D eigenvalue weighted by molar-refractivity contribution is -0.147. The fourth-order valence-corrected chi connectivity index (χ4v) is 3.00. The molecule has 0 radical (unpaired) electrons. The van der Waals surface area contributed by atoms with E-state index in [9.17, 15) is 27.6 Å². The molecule has 31 heavy (non-hydrogen) atoms. The molecule has 2 amide bonds. The Morgan fingerprint density at radius 1 is 1.06 bits per heavy atom. The highest BCUT2D eigenvalue weighted by Gasteiger charge is 2.30. The van der Waals surface area contributed by atoms with Gasteiger partial charge in [-0.25, -0.2) is 0 Å². The number of ether oxygens (including phenoxy) is 1. The maximum absolute atomic E-state index is 12.7. The molecule has 0 aromatic heterocycles. The second-order valence-corrected chi connectivity index (χ2v) is 7.60. The summed E-state index contributed by atoms with van der Waals surface area (Å²) >= 11 is 9.34. The highest BCUT2D eigenvalue weighted by atomic mass is 79.9. The zero-order valence-corrected chi connectivity index (χ0v) is 18.5. The van der Waals surface area contributed by atoms with Gasteiger partial charge in [-0.2, -0.15) is 13.2 Å². The van der Waals surface area contributed by atoms with Crippen LogP contribution in [0.5, 0.6) is 0 Å². The number of nitrogens with one attached hydrogen (secondary N) is 2. The summed E-state index contributed by atoms with van der Waals surface area (Å²) in [5, 5.41) is 5.27. The lowest BCUT2D eigenvalue weighted by Crippen LogP contribution is -2.22. The molecule has 2 N–H and O–H groups in total. The van der Waals surface area contributed by atoms with E-state index in [0.29, 0.717) is 20.7 Å². The highest BCUT2D eigenvalue weighted by Crippen LogP contribution is 2.31. The number of hydrogen-bond acceptors (Lipinski definition) is 4. The minimum Gasteiger partial charge on any atom is -0.456 e. The zero-order chi connectivity index (χ0) is 23.2. The summed E-state index contributed by atoms with van der Waals surface area (Å²) in [5.41, 5.74) is 0.130. The van der Waals surface area contributed by atoms with E-state index >= 15 is 0 Å². The Balaban J connectivity index is 1.77. The van der Waals surface area contributed by atoms with Crippen molar-refractivity contribution >= 4 is 56.7 Å². The number of alkyl halides is 3. The highest BCUT2D eigenvalue weighted by molar-refractivity contribution is 9.10. The first-order valence-electron chi connectivity index (χ1n) is 8.84. The van der Waals surface area contributed by atoms with Crippen LogP contribution in [-0.2, 0) is 25.3 Å². The second kappa shape index (κ2) is 10.6. The molecule has 0 aliphatic rings. The van der Waals surface area contributed by atoms with E-state index in [2.05, 4.69) is 26.6 Å². The van der Waals surface area contributed by atoms with Gasteiger partial charge in [0.2, 0.25) is 5.91 Å². The molecule has 166 valence electrons. The van der Waals surface area contributed by atoms with Crippen molar-refractivity contribution in [1.82, 2.24) is 0 Å². The van der Waals surface area contributed by atoms with Crippen molar-refractivity contribution in [3.63, 3.8) is 0 Å². The molecule has 0 saturated carbocycles. The molecule has 0 saturated heterocycles. The first-order chi connectivity index (χ1) is 14.5. The monoisotopic (exact) mass is 520 g/mol. The van der Waals surface area contributed by atoms with Gasteiger partial charge < -0.3 is 15.4 Å². The molecule has 0 fully saturated rings. The van der Waals surface area contributed by atoms with Crippen molar-refractivity contribution in [3.8, 4) is 0 Å². The lowest BCUT2D eigenvalue weighted by atomic mass is 10.2. The molecule has 0 aliphatic carbocycles. The summed E-state index contributed by atoms with van der Waals surface area (Å²) in [6, 6.07) is 7.40. The van der Waals surface area contributed by atoms with Gasteiger partial charge in [0.05, 0.1) is 17.0 Å². The van der Waals surface area contributed by atoms with Crippen molar-refractivity contribution in [2.75, 3.05) is 17.2 Å². The van der Waals surface area contributed by atoms with Crippen LogP contribution in [-0.4, -0.2) is 24.4 Å². The second-order valence-electron chi connectivity index (χ2n) is 6.37. The van der Waals surface area contributed by atoms with E-state index in [1.54, 1.807) is 19.1 Å². The molecular weight excluding hydrogens is 505 g/mol.